The summed E-state index contributed by atoms with van der Waals surface area (Å²) < 4.78 is 21.5. The molecule has 0 aliphatic heterocycles. The highest BCUT2D eigenvalue weighted by Crippen LogP contribution is 2.45. The van der Waals surface area contributed by atoms with Gasteiger partial charge in [-0.2, -0.15) is 0 Å². The van der Waals surface area contributed by atoms with E-state index in [-0.39, 0.29) is 26.4 Å². The number of aryl methyl sites for hydroxylation is 2. The van der Waals surface area contributed by atoms with E-state index >= 15 is 0 Å². The van der Waals surface area contributed by atoms with Gasteiger partial charge >= 0.3 is 23.9 Å². The predicted molar refractivity (Wildman–Crippen MR) is 151 cm³/mol. The molecule has 2 rings (SSSR count). The first-order chi connectivity index (χ1) is 19.3. The average Bonchev–Trinajstić information content (AvgIpc) is 2.95. The maximum atomic E-state index is 13.5. The van der Waals surface area contributed by atoms with Gasteiger partial charge in [0.15, 0.2) is 11.8 Å². The molecule has 0 radical (unpaired) electrons. The normalized spacial score (nSPS) is 12.5. The van der Waals surface area contributed by atoms with Crippen molar-refractivity contribution in [2.75, 3.05) is 26.4 Å². The Kier molecular flexibility index (Phi) is 13.4. The van der Waals surface area contributed by atoms with Gasteiger partial charge < -0.3 is 18.9 Å². The van der Waals surface area contributed by atoms with Gasteiger partial charge in [0.1, 0.15) is 0 Å². The number of rotatable bonds is 15. The molecule has 0 heterocycles. The summed E-state index contributed by atoms with van der Waals surface area (Å²) in [6, 6.07) is 14.9. The van der Waals surface area contributed by atoms with E-state index in [1.807, 2.05) is 62.4 Å². The predicted octanol–water partition coefficient (Wildman–Crippen LogP) is 5.16. The van der Waals surface area contributed by atoms with E-state index in [2.05, 4.69) is 0 Å². The number of ether oxygens (including phenoxy) is 4. The zero-order valence-electron chi connectivity index (χ0n) is 24.4. The van der Waals surface area contributed by atoms with Gasteiger partial charge in [0, 0.05) is 11.8 Å². The smallest absolute Gasteiger partial charge is 0.320 e. The molecule has 8 heteroatoms. The summed E-state index contributed by atoms with van der Waals surface area (Å²) in [7, 11) is 0. The van der Waals surface area contributed by atoms with Crippen molar-refractivity contribution < 1.29 is 38.1 Å². The van der Waals surface area contributed by atoms with Crippen molar-refractivity contribution in [2.24, 2.45) is 11.8 Å². The Morgan fingerprint density at radius 3 is 0.925 bits per heavy atom. The second kappa shape index (κ2) is 16.4. The number of benzene rings is 2. The van der Waals surface area contributed by atoms with E-state index in [9.17, 15) is 19.2 Å². The van der Waals surface area contributed by atoms with Crippen LogP contribution in [0.2, 0.25) is 0 Å². The van der Waals surface area contributed by atoms with Crippen LogP contribution >= 0.6 is 0 Å². The molecule has 0 aliphatic carbocycles. The zero-order chi connectivity index (χ0) is 29.7. The second-order valence-corrected chi connectivity index (χ2v) is 9.21. The molecule has 0 spiro atoms. The number of hydrogen-bond donors (Lipinski definition) is 0. The van der Waals surface area contributed by atoms with Gasteiger partial charge in [-0.3, -0.25) is 19.2 Å². The Morgan fingerprint density at radius 2 is 0.725 bits per heavy atom. The summed E-state index contributed by atoms with van der Waals surface area (Å²) in [5.41, 5.74) is 3.24. The summed E-state index contributed by atoms with van der Waals surface area (Å²) in [4.78, 5) is 54.0. The quantitative estimate of drug-likeness (QED) is 0.169. The molecule has 0 aliphatic rings. The molecule has 0 fully saturated rings. The van der Waals surface area contributed by atoms with Crippen LogP contribution in [0, 0.1) is 11.8 Å². The van der Waals surface area contributed by atoms with Crippen LogP contribution < -0.4 is 0 Å². The molecule has 0 saturated carbocycles. The molecular weight excluding hydrogens is 512 g/mol. The van der Waals surface area contributed by atoms with E-state index in [1.54, 1.807) is 27.7 Å². The van der Waals surface area contributed by atoms with Crippen molar-refractivity contribution in [1.82, 2.24) is 0 Å². The molecular formula is C32H42O8. The van der Waals surface area contributed by atoms with Crippen LogP contribution in [0.4, 0.5) is 0 Å². The first-order valence-electron chi connectivity index (χ1n) is 14.1. The molecule has 2 aromatic carbocycles. The first-order valence-corrected chi connectivity index (χ1v) is 14.1. The highest BCUT2D eigenvalue weighted by Gasteiger charge is 2.50. The maximum absolute atomic E-state index is 13.5. The summed E-state index contributed by atoms with van der Waals surface area (Å²) in [6.07, 6.45) is 1.56. The molecule has 0 N–H and O–H groups in total. The minimum absolute atomic E-state index is 0.0330. The lowest BCUT2D eigenvalue weighted by atomic mass is 9.68. The van der Waals surface area contributed by atoms with Gasteiger partial charge in [-0.15, -0.1) is 0 Å². The highest BCUT2D eigenvalue weighted by molar-refractivity contribution is 5.99. The van der Waals surface area contributed by atoms with Gasteiger partial charge in [0.25, 0.3) is 0 Å². The van der Waals surface area contributed by atoms with Gasteiger partial charge in [-0.25, -0.2) is 0 Å². The van der Waals surface area contributed by atoms with Crippen LogP contribution in [0.1, 0.15) is 75.6 Å². The van der Waals surface area contributed by atoms with Crippen molar-refractivity contribution in [3.63, 3.8) is 0 Å². The third-order valence-electron chi connectivity index (χ3n) is 6.81. The van der Waals surface area contributed by atoms with E-state index in [1.165, 1.54) is 0 Å². The summed E-state index contributed by atoms with van der Waals surface area (Å²) in [6.45, 7) is 10.7. The first kappa shape index (κ1) is 32.5. The minimum Gasteiger partial charge on any atom is -0.465 e. The molecule has 218 valence electrons. The Morgan fingerprint density at radius 1 is 0.475 bits per heavy atom. The number of esters is 4. The molecule has 8 nitrogen and oxygen atoms in total. The molecule has 0 amide bonds. The Labute approximate surface area is 237 Å². The van der Waals surface area contributed by atoms with E-state index < -0.39 is 47.5 Å². The van der Waals surface area contributed by atoms with Crippen LogP contribution in [-0.2, 0) is 51.0 Å². The highest BCUT2D eigenvalue weighted by atomic mass is 16.6. The van der Waals surface area contributed by atoms with E-state index in [0.717, 1.165) is 24.0 Å². The van der Waals surface area contributed by atoms with E-state index in [0.29, 0.717) is 11.1 Å². The summed E-state index contributed by atoms with van der Waals surface area (Å²) in [5.74, 6) is -8.16. The second-order valence-electron chi connectivity index (χ2n) is 9.21. The van der Waals surface area contributed by atoms with Crippen LogP contribution in [-0.4, -0.2) is 50.3 Å². The third-order valence-corrected chi connectivity index (χ3v) is 6.81. The standard InChI is InChI=1S/C32H42O8/c1-7-21-13-17-23(18-14-21)25(27(29(33)37-9-3)30(34)38-10-4)26(24-19-15-22(8-2)16-20-24)28(31(35)39-11-5)32(36)40-12-6/h13-20,25-28H,7-12H2,1-6H3/t25-,26-/m1/s1. The SMILES string of the molecule is CCOC(=O)C(C(=O)OCC)[C@H](c1ccc(CC)cc1)[C@@H](c1ccc(CC)cc1)C(C(=O)OCC)C(=O)OCC. The zero-order valence-corrected chi connectivity index (χ0v) is 24.4. The van der Waals surface area contributed by atoms with Crippen molar-refractivity contribution in [1.29, 1.82) is 0 Å². The fourth-order valence-corrected chi connectivity index (χ4v) is 4.87. The van der Waals surface area contributed by atoms with Crippen molar-refractivity contribution >= 4 is 23.9 Å². The molecule has 0 saturated heterocycles. The average molecular weight is 555 g/mol. The molecule has 0 aromatic heterocycles. The molecule has 0 unspecified atom stereocenters. The van der Waals surface area contributed by atoms with Gasteiger partial charge in [-0.05, 0) is 62.8 Å². The van der Waals surface area contributed by atoms with Crippen LogP contribution in [0.5, 0.6) is 0 Å². The Bertz CT molecular complexity index is 981. The molecule has 2 aromatic rings. The Balaban J connectivity index is 2.97. The van der Waals surface area contributed by atoms with Crippen LogP contribution in [0.3, 0.4) is 0 Å². The molecule has 2 atom stereocenters. The van der Waals surface area contributed by atoms with Crippen molar-refractivity contribution in [3.05, 3.63) is 70.8 Å². The largest absolute Gasteiger partial charge is 0.465 e. The minimum atomic E-state index is -1.46. The number of carbonyl (C=O) groups is 4. The van der Waals surface area contributed by atoms with E-state index in [4.69, 9.17) is 18.9 Å². The number of hydrogen-bond acceptors (Lipinski definition) is 8. The van der Waals surface area contributed by atoms with Crippen LogP contribution in [0.15, 0.2) is 48.5 Å². The lowest BCUT2D eigenvalue weighted by Crippen LogP contribution is -2.42. The van der Waals surface area contributed by atoms with Gasteiger partial charge in [0.2, 0.25) is 0 Å². The van der Waals surface area contributed by atoms with Crippen LogP contribution in [0.25, 0.3) is 0 Å². The lowest BCUT2D eigenvalue weighted by molar-refractivity contribution is -0.169. The lowest BCUT2D eigenvalue weighted by Gasteiger charge is -2.35. The number of carbonyl (C=O) groups excluding carboxylic acids is 4. The molecule has 40 heavy (non-hydrogen) atoms. The monoisotopic (exact) mass is 554 g/mol. The third kappa shape index (κ3) is 8.16. The fraction of sp³-hybridized carbons (Fsp3) is 0.500. The summed E-state index contributed by atoms with van der Waals surface area (Å²) in [5, 5.41) is 0. The topological polar surface area (TPSA) is 105 Å². The Hall–Kier alpha value is -3.68. The maximum Gasteiger partial charge on any atom is 0.320 e. The van der Waals surface area contributed by atoms with Crippen molar-refractivity contribution in [2.45, 2.75) is 66.2 Å². The van der Waals surface area contributed by atoms with Crippen molar-refractivity contribution in [3.8, 4) is 0 Å². The summed E-state index contributed by atoms with van der Waals surface area (Å²) >= 11 is 0. The van der Waals surface area contributed by atoms with Gasteiger partial charge in [0.05, 0.1) is 26.4 Å². The van der Waals surface area contributed by atoms with Gasteiger partial charge in [-0.1, -0.05) is 62.4 Å². The fourth-order valence-electron chi connectivity index (χ4n) is 4.87. The molecule has 0 bridgehead atoms.